The summed E-state index contributed by atoms with van der Waals surface area (Å²) in [6, 6.07) is 4.87. The molecule has 1 aliphatic heterocycles. The molecule has 1 aliphatic rings. The van der Waals surface area contributed by atoms with Crippen molar-refractivity contribution >= 4 is 39.7 Å². The lowest BCUT2D eigenvalue weighted by Crippen LogP contribution is -2.42. The van der Waals surface area contributed by atoms with Crippen LogP contribution < -0.4 is 0 Å². The highest BCUT2D eigenvalue weighted by Crippen LogP contribution is 2.27. The van der Waals surface area contributed by atoms with Crippen LogP contribution in [-0.4, -0.2) is 48.9 Å². The van der Waals surface area contributed by atoms with Gasteiger partial charge in [-0.1, -0.05) is 11.8 Å². The van der Waals surface area contributed by atoms with E-state index in [0.29, 0.717) is 33.5 Å². The zero-order chi connectivity index (χ0) is 18.3. The third-order valence-electron chi connectivity index (χ3n) is 4.99. The number of likely N-dealkylation sites (tertiary alicyclic amines) is 1. The summed E-state index contributed by atoms with van der Waals surface area (Å²) in [6.45, 7) is 2.92. The van der Waals surface area contributed by atoms with Crippen LogP contribution in [0.5, 0.6) is 0 Å². The van der Waals surface area contributed by atoms with Gasteiger partial charge in [0, 0.05) is 25.0 Å². The van der Waals surface area contributed by atoms with Crippen LogP contribution in [-0.2, 0) is 11.8 Å². The average Bonchev–Trinajstić information content (AvgIpc) is 2.91. The SMILES string of the molecule is C[C@H]1CCCCN1C(=O)CSc1nnc2c3cc(F)ccc3n(C)c2n1. The predicted molar refractivity (Wildman–Crippen MR) is 99.5 cm³/mol. The Morgan fingerprint density at radius 1 is 1.35 bits per heavy atom. The molecule has 8 heteroatoms. The first-order valence-electron chi connectivity index (χ1n) is 8.75. The van der Waals surface area contributed by atoms with E-state index in [2.05, 4.69) is 22.1 Å². The maximum Gasteiger partial charge on any atom is 0.233 e. The Balaban J connectivity index is 1.57. The fourth-order valence-electron chi connectivity index (χ4n) is 3.56. The smallest absolute Gasteiger partial charge is 0.233 e. The number of rotatable bonds is 3. The van der Waals surface area contributed by atoms with Gasteiger partial charge in [-0.25, -0.2) is 9.37 Å². The van der Waals surface area contributed by atoms with Crippen LogP contribution in [0.2, 0.25) is 0 Å². The van der Waals surface area contributed by atoms with Crippen LogP contribution in [0.3, 0.4) is 0 Å². The fraction of sp³-hybridized carbons (Fsp3) is 0.444. The van der Waals surface area contributed by atoms with Crippen molar-refractivity contribution in [2.45, 2.75) is 37.4 Å². The summed E-state index contributed by atoms with van der Waals surface area (Å²) in [5.74, 6) is 0.104. The van der Waals surface area contributed by atoms with E-state index in [4.69, 9.17) is 0 Å². The molecule has 6 nitrogen and oxygen atoms in total. The van der Waals surface area contributed by atoms with E-state index in [1.165, 1.54) is 30.3 Å². The summed E-state index contributed by atoms with van der Waals surface area (Å²) in [5.41, 5.74) is 2.06. The van der Waals surface area contributed by atoms with Crippen molar-refractivity contribution in [3.05, 3.63) is 24.0 Å². The Labute approximate surface area is 154 Å². The van der Waals surface area contributed by atoms with Gasteiger partial charge in [0.25, 0.3) is 0 Å². The number of amides is 1. The molecule has 1 atom stereocenters. The highest BCUT2D eigenvalue weighted by molar-refractivity contribution is 7.99. The molecule has 1 saturated heterocycles. The largest absolute Gasteiger partial charge is 0.339 e. The van der Waals surface area contributed by atoms with Gasteiger partial charge in [0.1, 0.15) is 11.3 Å². The molecule has 3 heterocycles. The van der Waals surface area contributed by atoms with Crippen LogP contribution in [0.15, 0.2) is 23.4 Å². The molecule has 3 aromatic rings. The zero-order valence-electron chi connectivity index (χ0n) is 14.8. The van der Waals surface area contributed by atoms with Crippen molar-refractivity contribution in [1.82, 2.24) is 24.6 Å². The topological polar surface area (TPSA) is 63.9 Å². The summed E-state index contributed by atoms with van der Waals surface area (Å²) >= 11 is 1.30. The molecule has 1 amide bonds. The Hall–Kier alpha value is -2.22. The van der Waals surface area contributed by atoms with Crippen molar-refractivity contribution in [2.24, 2.45) is 7.05 Å². The summed E-state index contributed by atoms with van der Waals surface area (Å²) < 4.78 is 15.4. The minimum atomic E-state index is -0.313. The number of halogens is 1. The van der Waals surface area contributed by atoms with Gasteiger partial charge in [-0.05, 0) is 44.4 Å². The van der Waals surface area contributed by atoms with Gasteiger partial charge in [0.2, 0.25) is 11.1 Å². The average molecular weight is 373 g/mol. The first-order valence-corrected chi connectivity index (χ1v) is 9.74. The van der Waals surface area contributed by atoms with Gasteiger partial charge >= 0.3 is 0 Å². The summed E-state index contributed by atoms with van der Waals surface area (Å²) in [5, 5.41) is 9.51. The van der Waals surface area contributed by atoms with Crippen LogP contribution >= 0.6 is 11.8 Å². The lowest BCUT2D eigenvalue weighted by molar-refractivity contribution is -0.131. The van der Waals surface area contributed by atoms with Gasteiger partial charge in [-0.2, -0.15) is 0 Å². The number of thioether (sulfide) groups is 1. The van der Waals surface area contributed by atoms with Crippen LogP contribution in [0.25, 0.3) is 22.1 Å². The van der Waals surface area contributed by atoms with Crippen LogP contribution in [0.4, 0.5) is 4.39 Å². The van der Waals surface area contributed by atoms with E-state index >= 15 is 0 Å². The summed E-state index contributed by atoms with van der Waals surface area (Å²) in [4.78, 5) is 19.0. The highest BCUT2D eigenvalue weighted by atomic mass is 32.2. The van der Waals surface area contributed by atoms with E-state index in [1.807, 2.05) is 16.5 Å². The van der Waals surface area contributed by atoms with Gasteiger partial charge < -0.3 is 9.47 Å². The third-order valence-corrected chi connectivity index (χ3v) is 5.81. The number of piperidine rings is 1. The maximum absolute atomic E-state index is 13.5. The van der Waals surface area contributed by atoms with Gasteiger partial charge in [-0.15, -0.1) is 10.2 Å². The molecule has 4 rings (SSSR count). The minimum absolute atomic E-state index is 0.116. The molecular weight excluding hydrogens is 353 g/mol. The second-order valence-electron chi connectivity index (χ2n) is 6.71. The van der Waals surface area contributed by atoms with Crippen molar-refractivity contribution in [3.63, 3.8) is 0 Å². The van der Waals surface area contributed by atoms with E-state index in [1.54, 1.807) is 6.07 Å². The Kier molecular flexibility index (Phi) is 4.52. The summed E-state index contributed by atoms with van der Waals surface area (Å²) in [7, 11) is 1.87. The molecule has 0 spiro atoms. The zero-order valence-corrected chi connectivity index (χ0v) is 15.6. The molecule has 0 aliphatic carbocycles. The van der Waals surface area contributed by atoms with Gasteiger partial charge in [0.15, 0.2) is 5.65 Å². The molecule has 0 radical (unpaired) electrons. The van der Waals surface area contributed by atoms with Crippen LogP contribution in [0.1, 0.15) is 26.2 Å². The molecule has 0 bridgehead atoms. The molecule has 0 unspecified atom stereocenters. The molecular formula is C18H20FN5OS. The molecule has 26 heavy (non-hydrogen) atoms. The number of nitrogens with zero attached hydrogens (tertiary/aromatic N) is 5. The number of aryl methyl sites for hydroxylation is 1. The number of hydrogen-bond acceptors (Lipinski definition) is 5. The van der Waals surface area contributed by atoms with Crippen LogP contribution in [0, 0.1) is 5.82 Å². The number of hydrogen-bond donors (Lipinski definition) is 0. The standard InChI is InChI=1S/C18H20FN5OS/c1-11-5-3-4-8-24(11)15(25)10-26-18-20-17-16(21-22-18)13-9-12(19)6-7-14(13)23(17)2/h6-7,9,11H,3-5,8,10H2,1-2H3/t11-/m0/s1. The number of carbonyl (C=O) groups excluding carboxylic acids is 1. The number of carbonyl (C=O) groups is 1. The van der Waals surface area contributed by atoms with Crippen molar-refractivity contribution < 1.29 is 9.18 Å². The number of benzene rings is 1. The monoisotopic (exact) mass is 373 g/mol. The molecule has 1 aromatic carbocycles. The van der Waals surface area contributed by atoms with Crippen molar-refractivity contribution in [2.75, 3.05) is 12.3 Å². The lowest BCUT2D eigenvalue weighted by atomic mass is 10.0. The van der Waals surface area contributed by atoms with E-state index in [0.717, 1.165) is 24.9 Å². The van der Waals surface area contributed by atoms with E-state index in [9.17, 15) is 9.18 Å². The predicted octanol–water partition coefficient (Wildman–Crippen LogP) is 3.15. The van der Waals surface area contributed by atoms with Gasteiger partial charge in [-0.3, -0.25) is 4.79 Å². The second-order valence-corrected chi connectivity index (χ2v) is 7.65. The maximum atomic E-state index is 13.5. The molecule has 0 saturated carbocycles. The third kappa shape index (κ3) is 3.02. The fourth-order valence-corrected chi connectivity index (χ4v) is 4.22. The minimum Gasteiger partial charge on any atom is -0.339 e. The van der Waals surface area contributed by atoms with E-state index in [-0.39, 0.29) is 11.7 Å². The Morgan fingerprint density at radius 3 is 3.00 bits per heavy atom. The quantitative estimate of drug-likeness (QED) is 0.660. The molecule has 1 fully saturated rings. The summed E-state index contributed by atoms with van der Waals surface area (Å²) in [6.07, 6.45) is 3.31. The van der Waals surface area contributed by atoms with E-state index < -0.39 is 0 Å². The Bertz CT molecular complexity index is 989. The Morgan fingerprint density at radius 2 is 2.19 bits per heavy atom. The second kappa shape index (κ2) is 6.83. The van der Waals surface area contributed by atoms with Gasteiger partial charge in [0.05, 0.1) is 11.3 Å². The molecule has 0 N–H and O–H groups in total. The first kappa shape index (κ1) is 17.2. The normalized spacial score (nSPS) is 18.0. The highest BCUT2D eigenvalue weighted by Gasteiger charge is 2.23. The first-order chi connectivity index (χ1) is 12.5. The van der Waals surface area contributed by atoms with Crippen molar-refractivity contribution in [3.8, 4) is 0 Å². The molecule has 136 valence electrons. The number of aromatic nitrogens is 4. The molecule has 2 aromatic heterocycles. The van der Waals surface area contributed by atoms with Crippen molar-refractivity contribution in [1.29, 1.82) is 0 Å². The number of fused-ring (bicyclic) bond motifs is 3. The lowest BCUT2D eigenvalue weighted by Gasteiger charge is -2.33.